The van der Waals surface area contributed by atoms with Gasteiger partial charge < -0.3 is 10.7 Å². The van der Waals surface area contributed by atoms with E-state index in [0.717, 1.165) is 22.2 Å². The minimum atomic E-state index is 0.526. The summed E-state index contributed by atoms with van der Waals surface area (Å²) < 4.78 is 0. The Morgan fingerprint density at radius 1 is 1.50 bits per heavy atom. The third-order valence-electron chi connectivity index (χ3n) is 2.45. The SMILES string of the molecule is Cc1[nH]c2cc(C#N)ccc2c1CN. The van der Waals surface area contributed by atoms with Crippen molar-refractivity contribution in [2.24, 2.45) is 5.73 Å². The molecule has 3 nitrogen and oxygen atoms in total. The van der Waals surface area contributed by atoms with E-state index in [9.17, 15) is 0 Å². The second kappa shape index (κ2) is 3.17. The summed E-state index contributed by atoms with van der Waals surface area (Å²) in [6.07, 6.45) is 0. The van der Waals surface area contributed by atoms with Crippen LogP contribution in [0.15, 0.2) is 18.2 Å². The average Bonchev–Trinajstić information content (AvgIpc) is 2.51. The summed E-state index contributed by atoms with van der Waals surface area (Å²) >= 11 is 0. The second-order valence-electron chi connectivity index (χ2n) is 3.30. The molecule has 0 atom stereocenters. The van der Waals surface area contributed by atoms with Gasteiger partial charge in [0, 0.05) is 23.1 Å². The summed E-state index contributed by atoms with van der Waals surface area (Å²) in [4.78, 5) is 3.22. The summed E-state index contributed by atoms with van der Waals surface area (Å²) in [5, 5.41) is 9.86. The summed E-state index contributed by atoms with van der Waals surface area (Å²) in [5.74, 6) is 0. The van der Waals surface area contributed by atoms with E-state index >= 15 is 0 Å². The monoisotopic (exact) mass is 185 g/mol. The molecule has 1 aromatic heterocycles. The number of aromatic amines is 1. The van der Waals surface area contributed by atoms with Crippen molar-refractivity contribution >= 4 is 10.9 Å². The van der Waals surface area contributed by atoms with Crippen LogP contribution >= 0.6 is 0 Å². The molecule has 0 spiro atoms. The fraction of sp³-hybridized carbons (Fsp3) is 0.182. The number of rotatable bonds is 1. The Kier molecular flexibility index (Phi) is 1.99. The predicted molar refractivity (Wildman–Crippen MR) is 55.6 cm³/mol. The van der Waals surface area contributed by atoms with Crippen molar-refractivity contribution in [1.29, 1.82) is 5.26 Å². The lowest BCUT2D eigenvalue weighted by molar-refractivity contribution is 1.05. The highest BCUT2D eigenvalue weighted by Gasteiger charge is 2.06. The molecule has 0 aliphatic heterocycles. The van der Waals surface area contributed by atoms with Crippen LogP contribution in [0.3, 0.4) is 0 Å². The maximum absolute atomic E-state index is 8.74. The molecule has 0 aliphatic rings. The maximum atomic E-state index is 8.74. The summed E-state index contributed by atoms with van der Waals surface area (Å²) in [6.45, 7) is 2.52. The normalized spacial score (nSPS) is 10.4. The molecule has 2 rings (SSSR count). The van der Waals surface area contributed by atoms with Crippen molar-refractivity contribution in [2.45, 2.75) is 13.5 Å². The highest BCUT2D eigenvalue weighted by atomic mass is 14.7. The Balaban J connectivity index is 2.76. The minimum absolute atomic E-state index is 0.526. The molecular weight excluding hydrogens is 174 g/mol. The Labute approximate surface area is 82.1 Å². The predicted octanol–water partition coefficient (Wildman–Crippen LogP) is 1.81. The molecule has 1 aromatic carbocycles. The smallest absolute Gasteiger partial charge is 0.0992 e. The van der Waals surface area contributed by atoms with E-state index in [1.54, 1.807) is 0 Å². The van der Waals surface area contributed by atoms with Crippen LogP contribution in [0.5, 0.6) is 0 Å². The van der Waals surface area contributed by atoms with Crippen LogP contribution < -0.4 is 5.73 Å². The number of nitriles is 1. The summed E-state index contributed by atoms with van der Waals surface area (Å²) in [6, 6.07) is 7.72. The number of hydrogen-bond donors (Lipinski definition) is 2. The van der Waals surface area contributed by atoms with Crippen molar-refractivity contribution in [3.05, 3.63) is 35.0 Å². The molecule has 0 saturated heterocycles. The van der Waals surface area contributed by atoms with Gasteiger partial charge in [-0.3, -0.25) is 0 Å². The molecule has 0 saturated carbocycles. The van der Waals surface area contributed by atoms with Crippen LogP contribution in [0.2, 0.25) is 0 Å². The highest BCUT2D eigenvalue weighted by Crippen LogP contribution is 2.22. The maximum Gasteiger partial charge on any atom is 0.0992 e. The van der Waals surface area contributed by atoms with E-state index in [0.29, 0.717) is 12.1 Å². The number of nitrogens with zero attached hydrogens (tertiary/aromatic N) is 1. The molecule has 0 bridgehead atoms. The number of hydrogen-bond acceptors (Lipinski definition) is 2. The van der Waals surface area contributed by atoms with E-state index < -0.39 is 0 Å². The first-order valence-electron chi connectivity index (χ1n) is 4.47. The highest BCUT2D eigenvalue weighted by molar-refractivity contribution is 5.85. The number of aryl methyl sites for hydroxylation is 1. The molecule has 0 aliphatic carbocycles. The fourth-order valence-electron chi connectivity index (χ4n) is 1.72. The van der Waals surface area contributed by atoms with Gasteiger partial charge in [-0.1, -0.05) is 6.07 Å². The van der Waals surface area contributed by atoms with Crippen molar-refractivity contribution in [3.8, 4) is 6.07 Å². The molecular formula is C11H11N3. The first-order chi connectivity index (χ1) is 6.76. The lowest BCUT2D eigenvalue weighted by Gasteiger charge is -1.94. The topological polar surface area (TPSA) is 65.6 Å². The van der Waals surface area contributed by atoms with Crippen molar-refractivity contribution in [1.82, 2.24) is 4.98 Å². The quantitative estimate of drug-likeness (QED) is 0.711. The zero-order chi connectivity index (χ0) is 10.1. The van der Waals surface area contributed by atoms with E-state index in [2.05, 4.69) is 11.1 Å². The van der Waals surface area contributed by atoms with Gasteiger partial charge in [-0.15, -0.1) is 0 Å². The third kappa shape index (κ3) is 1.17. The molecule has 2 aromatic rings. The van der Waals surface area contributed by atoms with Crippen molar-refractivity contribution in [3.63, 3.8) is 0 Å². The second-order valence-corrected chi connectivity index (χ2v) is 3.30. The van der Waals surface area contributed by atoms with Gasteiger partial charge in [-0.25, -0.2) is 0 Å². The van der Waals surface area contributed by atoms with Gasteiger partial charge in [0.15, 0.2) is 0 Å². The zero-order valence-electron chi connectivity index (χ0n) is 7.96. The van der Waals surface area contributed by atoms with Gasteiger partial charge in [-0.05, 0) is 24.6 Å². The van der Waals surface area contributed by atoms with Gasteiger partial charge >= 0.3 is 0 Å². The van der Waals surface area contributed by atoms with Crippen molar-refractivity contribution in [2.75, 3.05) is 0 Å². The number of fused-ring (bicyclic) bond motifs is 1. The molecule has 3 heteroatoms. The van der Waals surface area contributed by atoms with E-state index in [1.807, 2.05) is 25.1 Å². The fourth-order valence-corrected chi connectivity index (χ4v) is 1.72. The van der Waals surface area contributed by atoms with Gasteiger partial charge in [0.2, 0.25) is 0 Å². The lowest BCUT2D eigenvalue weighted by Crippen LogP contribution is -1.96. The molecule has 70 valence electrons. The Bertz CT molecular complexity index is 517. The Hall–Kier alpha value is -1.79. The van der Waals surface area contributed by atoms with Gasteiger partial charge in [0.05, 0.1) is 11.6 Å². The van der Waals surface area contributed by atoms with Crippen LogP contribution in [0.4, 0.5) is 0 Å². The molecule has 0 unspecified atom stereocenters. The summed E-state index contributed by atoms with van der Waals surface area (Å²) in [5.41, 5.74) is 9.51. The molecule has 1 heterocycles. The minimum Gasteiger partial charge on any atom is -0.358 e. The van der Waals surface area contributed by atoms with E-state index in [1.165, 1.54) is 0 Å². The number of nitrogens with one attached hydrogen (secondary N) is 1. The number of nitrogens with two attached hydrogens (primary N) is 1. The first-order valence-corrected chi connectivity index (χ1v) is 4.47. The van der Waals surface area contributed by atoms with Crippen LogP contribution in [0.25, 0.3) is 10.9 Å². The third-order valence-corrected chi connectivity index (χ3v) is 2.45. The van der Waals surface area contributed by atoms with Gasteiger partial charge in [0.1, 0.15) is 0 Å². The molecule has 14 heavy (non-hydrogen) atoms. The van der Waals surface area contributed by atoms with Crippen LogP contribution in [-0.4, -0.2) is 4.98 Å². The van der Waals surface area contributed by atoms with E-state index in [-0.39, 0.29) is 0 Å². The first kappa shape index (κ1) is 8.79. The molecule has 0 fully saturated rings. The molecule has 3 N–H and O–H groups in total. The van der Waals surface area contributed by atoms with Gasteiger partial charge in [0.25, 0.3) is 0 Å². The Morgan fingerprint density at radius 3 is 2.93 bits per heavy atom. The van der Waals surface area contributed by atoms with Crippen molar-refractivity contribution < 1.29 is 0 Å². The van der Waals surface area contributed by atoms with Gasteiger partial charge in [-0.2, -0.15) is 5.26 Å². The van der Waals surface area contributed by atoms with Crippen LogP contribution in [-0.2, 0) is 6.54 Å². The Morgan fingerprint density at radius 2 is 2.29 bits per heavy atom. The standard InChI is InChI=1S/C11H11N3/c1-7-10(6-13)9-3-2-8(5-12)4-11(9)14-7/h2-4,14H,6,13H2,1H3. The van der Waals surface area contributed by atoms with Crippen LogP contribution in [0, 0.1) is 18.3 Å². The lowest BCUT2D eigenvalue weighted by atomic mass is 10.1. The molecule has 0 radical (unpaired) electrons. The van der Waals surface area contributed by atoms with E-state index in [4.69, 9.17) is 11.0 Å². The number of H-pyrrole nitrogens is 1. The largest absolute Gasteiger partial charge is 0.358 e. The molecule has 0 amide bonds. The van der Waals surface area contributed by atoms with Crippen LogP contribution in [0.1, 0.15) is 16.8 Å². The zero-order valence-corrected chi connectivity index (χ0v) is 7.96. The average molecular weight is 185 g/mol. The summed E-state index contributed by atoms with van der Waals surface area (Å²) in [7, 11) is 0. The number of benzene rings is 1. The number of aromatic nitrogens is 1.